The third-order valence-electron chi connectivity index (χ3n) is 2.58. The molecule has 2 heterocycles. The maximum atomic E-state index is 8.73. The molecule has 0 radical (unpaired) electrons. The fourth-order valence-corrected chi connectivity index (χ4v) is 1.69. The molecule has 2 aromatic rings. The summed E-state index contributed by atoms with van der Waals surface area (Å²) in [5, 5.41) is 11.9. The van der Waals surface area contributed by atoms with E-state index in [0.29, 0.717) is 18.0 Å². The molecular formula is C16H18N4O. The monoisotopic (exact) mass is 282 g/mol. The van der Waals surface area contributed by atoms with Crippen molar-refractivity contribution in [2.75, 3.05) is 5.32 Å². The molecule has 0 aliphatic carbocycles. The van der Waals surface area contributed by atoms with E-state index in [1.54, 1.807) is 24.5 Å². The van der Waals surface area contributed by atoms with Crippen LogP contribution in [0.25, 0.3) is 0 Å². The van der Waals surface area contributed by atoms with Crippen LogP contribution in [0.1, 0.15) is 31.9 Å². The Morgan fingerprint density at radius 3 is 2.67 bits per heavy atom. The summed E-state index contributed by atoms with van der Waals surface area (Å²) in [6, 6.07) is 9.39. The van der Waals surface area contributed by atoms with Crippen LogP contribution in [0.2, 0.25) is 0 Å². The van der Waals surface area contributed by atoms with E-state index in [-0.39, 0.29) is 5.60 Å². The predicted molar refractivity (Wildman–Crippen MR) is 80.9 cm³/mol. The second-order valence-electron chi connectivity index (χ2n) is 5.61. The number of hydrogen-bond acceptors (Lipinski definition) is 5. The van der Waals surface area contributed by atoms with Crippen LogP contribution in [0, 0.1) is 11.3 Å². The summed E-state index contributed by atoms with van der Waals surface area (Å²) in [6.45, 7) is 6.57. The van der Waals surface area contributed by atoms with E-state index < -0.39 is 0 Å². The molecule has 5 nitrogen and oxygen atoms in total. The van der Waals surface area contributed by atoms with Gasteiger partial charge in [-0.1, -0.05) is 0 Å². The Hall–Kier alpha value is -2.61. The molecule has 0 saturated heterocycles. The lowest BCUT2D eigenvalue weighted by atomic mass is 10.2. The standard InChI is InChI=1S/C16H18N4O/c1-16(2,3)21-15-8-12(6-7-18-15)10-19-14-5-4-13(9-17)11-20-14/h4-8,11H,10H2,1-3H3,(H,19,20). The first-order valence-electron chi connectivity index (χ1n) is 6.70. The van der Waals surface area contributed by atoms with Crippen LogP contribution in [0.3, 0.4) is 0 Å². The van der Waals surface area contributed by atoms with E-state index in [1.807, 2.05) is 39.0 Å². The summed E-state index contributed by atoms with van der Waals surface area (Å²) in [6.07, 6.45) is 3.27. The molecule has 0 bridgehead atoms. The van der Waals surface area contributed by atoms with Gasteiger partial charge in [-0.15, -0.1) is 0 Å². The molecule has 0 fully saturated rings. The van der Waals surface area contributed by atoms with E-state index >= 15 is 0 Å². The molecule has 0 spiro atoms. The summed E-state index contributed by atoms with van der Waals surface area (Å²) in [7, 11) is 0. The number of pyridine rings is 2. The zero-order valence-electron chi connectivity index (χ0n) is 12.4. The predicted octanol–water partition coefficient (Wildman–Crippen LogP) is 3.14. The molecule has 0 aliphatic heterocycles. The molecule has 0 saturated carbocycles. The minimum Gasteiger partial charge on any atom is -0.472 e. The Morgan fingerprint density at radius 2 is 2.05 bits per heavy atom. The highest BCUT2D eigenvalue weighted by atomic mass is 16.5. The lowest BCUT2D eigenvalue weighted by Gasteiger charge is -2.20. The Labute approximate surface area is 124 Å². The second kappa shape index (κ2) is 6.23. The van der Waals surface area contributed by atoms with Crippen LogP contribution in [-0.4, -0.2) is 15.6 Å². The van der Waals surface area contributed by atoms with Gasteiger partial charge < -0.3 is 10.1 Å². The molecular weight excluding hydrogens is 264 g/mol. The van der Waals surface area contributed by atoms with Crippen molar-refractivity contribution in [1.29, 1.82) is 5.26 Å². The van der Waals surface area contributed by atoms with Gasteiger partial charge in [0.15, 0.2) is 0 Å². The maximum absolute atomic E-state index is 8.73. The quantitative estimate of drug-likeness (QED) is 0.932. The summed E-state index contributed by atoms with van der Waals surface area (Å²) < 4.78 is 5.73. The molecule has 1 N–H and O–H groups in total. The van der Waals surface area contributed by atoms with Gasteiger partial charge in [-0.05, 0) is 44.5 Å². The lowest BCUT2D eigenvalue weighted by molar-refractivity contribution is 0.124. The van der Waals surface area contributed by atoms with Crippen LogP contribution < -0.4 is 10.1 Å². The van der Waals surface area contributed by atoms with Crippen molar-refractivity contribution in [1.82, 2.24) is 9.97 Å². The third kappa shape index (κ3) is 4.77. The molecule has 21 heavy (non-hydrogen) atoms. The summed E-state index contributed by atoms with van der Waals surface area (Å²) >= 11 is 0. The van der Waals surface area contributed by atoms with Crippen LogP contribution in [0.15, 0.2) is 36.7 Å². The van der Waals surface area contributed by atoms with E-state index in [2.05, 4.69) is 15.3 Å². The molecule has 0 unspecified atom stereocenters. The molecule has 2 aromatic heterocycles. The van der Waals surface area contributed by atoms with Gasteiger partial charge in [-0.25, -0.2) is 9.97 Å². The van der Waals surface area contributed by atoms with Gasteiger partial charge in [-0.2, -0.15) is 5.26 Å². The van der Waals surface area contributed by atoms with Gasteiger partial charge in [0.05, 0.1) is 5.56 Å². The molecule has 5 heteroatoms. The van der Waals surface area contributed by atoms with Crippen molar-refractivity contribution in [3.05, 3.63) is 47.8 Å². The number of anilines is 1. The lowest BCUT2D eigenvalue weighted by Crippen LogP contribution is -2.23. The minimum atomic E-state index is -0.270. The van der Waals surface area contributed by atoms with Gasteiger partial charge in [0, 0.05) is 25.0 Å². The Morgan fingerprint density at radius 1 is 1.24 bits per heavy atom. The SMILES string of the molecule is CC(C)(C)Oc1cc(CNc2ccc(C#N)cn2)ccn1. The largest absolute Gasteiger partial charge is 0.472 e. The van der Waals surface area contributed by atoms with Crippen LogP contribution >= 0.6 is 0 Å². The number of rotatable bonds is 4. The maximum Gasteiger partial charge on any atom is 0.214 e. The topological polar surface area (TPSA) is 70.8 Å². The van der Waals surface area contributed by atoms with Crippen LogP contribution in [0.5, 0.6) is 5.88 Å². The van der Waals surface area contributed by atoms with Crippen molar-refractivity contribution >= 4 is 5.82 Å². The number of nitrogens with zero attached hydrogens (tertiary/aromatic N) is 3. The van der Waals surface area contributed by atoms with Gasteiger partial charge in [0.2, 0.25) is 5.88 Å². The van der Waals surface area contributed by atoms with Crippen LogP contribution in [-0.2, 0) is 6.54 Å². The zero-order chi connectivity index (χ0) is 15.3. The highest BCUT2D eigenvalue weighted by Gasteiger charge is 2.12. The van der Waals surface area contributed by atoms with Crippen molar-refractivity contribution in [3.63, 3.8) is 0 Å². The molecule has 0 atom stereocenters. The fraction of sp³-hybridized carbons (Fsp3) is 0.312. The fourth-order valence-electron chi connectivity index (χ4n) is 1.69. The van der Waals surface area contributed by atoms with Gasteiger partial charge in [0.1, 0.15) is 17.5 Å². The Balaban J connectivity index is 1.99. The van der Waals surface area contributed by atoms with E-state index in [9.17, 15) is 0 Å². The minimum absolute atomic E-state index is 0.270. The smallest absolute Gasteiger partial charge is 0.214 e. The number of hydrogen-bond donors (Lipinski definition) is 1. The average molecular weight is 282 g/mol. The summed E-state index contributed by atoms with van der Waals surface area (Å²) in [5.41, 5.74) is 1.33. The first kappa shape index (κ1) is 14.8. The van der Waals surface area contributed by atoms with E-state index in [4.69, 9.17) is 10.00 Å². The first-order chi connectivity index (χ1) is 9.96. The third-order valence-corrected chi connectivity index (χ3v) is 2.58. The summed E-state index contributed by atoms with van der Waals surface area (Å²) in [4.78, 5) is 8.37. The first-order valence-corrected chi connectivity index (χ1v) is 6.70. The second-order valence-corrected chi connectivity index (χ2v) is 5.61. The Kier molecular flexibility index (Phi) is 4.39. The Bertz CT molecular complexity index is 639. The number of nitriles is 1. The van der Waals surface area contributed by atoms with Crippen molar-refractivity contribution < 1.29 is 4.74 Å². The number of aromatic nitrogens is 2. The highest BCUT2D eigenvalue weighted by Crippen LogP contribution is 2.17. The van der Waals surface area contributed by atoms with Gasteiger partial charge >= 0.3 is 0 Å². The molecule has 0 aliphatic rings. The van der Waals surface area contributed by atoms with E-state index in [1.165, 1.54) is 0 Å². The normalized spacial score (nSPS) is 10.8. The van der Waals surface area contributed by atoms with E-state index in [0.717, 1.165) is 11.4 Å². The number of ether oxygens (including phenoxy) is 1. The molecule has 0 aromatic carbocycles. The van der Waals surface area contributed by atoms with Crippen molar-refractivity contribution in [2.24, 2.45) is 0 Å². The van der Waals surface area contributed by atoms with Crippen LogP contribution in [0.4, 0.5) is 5.82 Å². The molecule has 2 rings (SSSR count). The van der Waals surface area contributed by atoms with Crippen molar-refractivity contribution in [3.8, 4) is 11.9 Å². The average Bonchev–Trinajstić information content (AvgIpc) is 2.44. The molecule has 108 valence electrons. The highest BCUT2D eigenvalue weighted by molar-refractivity contribution is 5.39. The van der Waals surface area contributed by atoms with Gasteiger partial charge in [0.25, 0.3) is 0 Å². The number of nitrogens with one attached hydrogen (secondary N) is 1. The van der Waals surface area contributed by atoms with Gasteiger partial charge in [-0.3, -0.25) is 0 Å². The molecule has 0 amide bonds. The summed E-state index contributed by atoms with van der Waals surface area (Å²) in [5.74, 6) is 1.33. The zero-order valence-corrected chi connectivity index (χ0v) is 12.4. The van der Waals surface area contributed by atoms with Crippen molar-refractivity contribution in [2.45, 2.75) is 32.9 Å².